The molecule has 1 atom stereocenters. The Morgan fingerprint density at radius 2 is 2.11 bits per heavy atom. The Bertz CT molecular complexity index is 485. The molecule has 1 aliphatic rings. The van der Waals surface area contributed by atoms with Crippen LogP contribution in [0.5, 0.6) is 0 Å². The Hall–Kier alpha value is -1.88. The smallest absolute Gasteiger partial charge is 0.305 e. The highest BCUT2D eigenvalue weighted by molar-refractivity contribution is 5.94. The summed E-state index contributed by atoms with van der Waals surface area (Å²) in [5.41, 5.74) is 2.92. The number of carboxylic acids is 1. The van der Waals surface area contributed by atoms with Crippen LogP contribution in [0.25, 0.3) is 0 Å². The first-order valence-electron chi connectivity index (χ1n) is 5.91. The molecule has 1 heterocycles. The molecule has 0 bridgehead atoms. The zero-order chi connectivity index (χ0) is 13.1. The first kappa shape index (κ1) is 12.6. The second-order valence-electron chi connectivity index (χ2n) is 4.56. The molecule has 96 valence electrons. The van der Waals surface area contributed by atoms with Gasteiger partial charge < -0.3 is 15.7 Å². The molecular formula is C13H16N2O3. The van der Waals surface area contributed by atoms with Crippen molar-refractivity contribution >= 4 is 11.9 Å². The molecule has 5 nitrogen and oxygen atoms in total. The van der Waals surface area contributed by atoms with Gasteiger partial charge in [0.15, 0.2) is 0 Å². The van der Waals surface area contributed by atoms with E-state index in [-0.39, 0.29) is 18.4 Å². The maximum absolute atomic E-state index is 11.9. The van der Waals surface area contributed by atoms with Crippen LogP contribution in [-0.2, 0) is 17.9 Å². The van der Waals surface area contributed by atoms with E-state index in [1.165, 1.54) is 5.56 Å². The molecule has 18 heavy (non-hydrogen) atoms. The van der Waals surface area contributed by atoms with Crippen molar-refractivity contribution in [1.82, 2.24) is 10.6 Å². The van der Waals surface area contributed by atoms with Crippen LogP contribution >= 0.6 is 0 Å². The fraction of sp³-hybridized carbons (Fsp3) is 0.385. The average Bonchev–Trinajstić information content (AvgIpc) is 2.74. The molecule has 3 N–H and O–H groups in total. The van der Waals surface area contributed by atoms with Crippen LogP contribution in [0.4, 0.5) is 0 Å². The van der Waals surface area contributed by atoms with Crippen molar-refractivity contribution in [3.63, 3.8) is 0 Å². The molecule has 0 saturated carbocycles. The van der Waals surface area contributed by atoms with Gasteiger partial charge in [-0.2, -0.15) is 0 Å². The van der Waals surface area contributed by atoms with Crippen molar-refractivity contribution in [2.75, 3.05) is 0 Å². The molecule has 0 spiro atoms. The van der Waals surface area contributed by atoms with Crippen LogP contribution in [0.2, 0.25) is 0 Å². The molecule has 1 aromatic rings. The van der Waals surface area contributed by atoms with Crippen molar-refractivity contribution in [3.8, 4) is 0 Å². The summed E-state index contributed by atoms with van der Waals surface area (Å²) in [5.74, 6) is -1.14. The van der Waals surface area contributed by atoms with E-state index in [1.54, 1.807) is 13.0 Å². The molecule has 0 fully saturated rings. The Morgan fingerprint density at radius 1 is 1.39 bits per heavy atom. The molecule has 2 rings (SSSR count). The maximum atomic E-state index is 11.9. The van der Waals surface area contributed by atoms with Crippen molar-refractivity contribution in [2.24, 2.45) is 0 Å². The highest BCUT2D eigenvalue weighted by atomic mass is 16.4. The number of nitrogens with one attached hydrogen (secondary N) is 2. The van der Waals surface area contributed by atoms with Gasteiger partial charge in [-0.25, -0.2) is 0 Å². The van der Waals surface area contributed by atoms with Crippen molar-refractivity contribution in [1.29, 1.82) is 0 Å². The average molecular weight is 248 g/mol. The lowest BCUT2D eigenvalue weighted by Gasteiger charge is -2.12. The highest BCUT2D eigenvalue weighted by Gasteiger charge is 2.15. The Labute approximate surface area is 105 Å². The van der Waals surface area contributed by atoms with Gasteiger partial charge in [0.2, 0.25) is 0 Å². The van der Waals surface area contributed by atoms with Gasteiger partial charge in [-0.3, -0.25) is 9.59 Å². The van der Waals surface area contributed by atoms with Gasteiger partial charge in [-0.05, 0) is 30.2 Å². The predicted octanol–water partition coefficient (Wildman–Crippen LogP) is 0.883. The van der Waals surface area contributed by atoms with Crippen molar-refractivity contribution in [3.05, 3.63) is 34.9 Å². The summed E-state index contributed by atoms with van der Waals surface area (Å²) in [6.45, 7) is 3.30. The van der Waals surface area contributed by atoms with Crippen molar-refractivity contribution < 1.29 is 14.7 Å². The van der Waals surface area contributed by atoms with Gasteiger partial charge in [-0.1, -0.05) is 6.07 Å². The largest absolute Gasteiger partial charge is 0.481 e. The van der Waals surface area contributed by atoms with Gasteiger partial charge in [-0.15, -0.1) is 0 Å². The lowest BCUT2D eigenvalue weighted by molar-refractivity contribution is -0.137. The number of amides is 1. The number of hydrogen-bond acceptors (Lipinski definition) is 3. The number of rotatable bonds is 4. The number of carbonyl (C=O) groups is 2. The van der Waals surface area contributed by atoms with Gasteiger partial charge in [0.1, 0.15) is 0 Å². The molecule has 1 aromatic carbocycles. The normalized spacial score (nSPS) is 14.9. The van der Waals surface area contributed by atoms with Gasteiger partial charge >= 0.3 is 5.97 Å². The van der Waals surface area contributed by atoms with Gasteiger partial charge in [0, 0.05) is 24.7 Å². The monoisotopic (exact) mass is 248 g/mol. The zero-order valence-electron chi connectivity index (χ0n) is 10.2. The lowest BCUT2D eigenvalue weighted by Crippen LogP contribution is -2.34. The van der Waals surface area contributed by atoms with Crippen LogP contribution in [0.1, 0.15) is 34.8 Å². The van der Waals surface area contributed by atoms with E-state index in [0.29, 0.717) is 5.56 Å². The quantitative estimate of drug-likeness (QED) is 0.739. The fourth-order valence-electron chi connectivity index (χ4n) is 2.06. The second-order valence-corrected chi connectivity index (χ2v) is 4.56. The third-order valence-electron chi connectivity index (χ3n) is 2.96. The summed E-state index contributed by atoms with van der Waals surface area (Å²) in [4.78, 5) is 22.4. The van der Waals surface area contributed by atoms with Crippen LogP contribution in [-0.4, -0.2) is 23.0 Å². The predicted molar refractivity (Wildman–Crippen MR) is 66.2 cm³/mol. The molecule has 1 amide bonds. The Kier molecular flexibility index (Phi) is 3.62. The van der Waals surface area contributed by atoms with Crippen molar-refractivity contribution in [2.45, 2.75) is 32.5 Å². The number of hydrogen-bond donors (Lipinski definition) is 3. The number of carbonyl (C=O) groups excluding carboxylic acids is 1. The summed E-state index contributed by atoms with van der Waals surface area (Å²) in [6.07, 6.45) is -0.0712. The fourth-order valence-corrected chi connectivity index (χ4v) is 2.06. The number of aliphatic carboxylic acids is 1. The third kappa shape index (κ3) is 2.87. The van der Waals surface area contributed by atoms with E-state index in [0.717, 1.165) is 18.7 Å². The first-order chi connectivity index (χ1) is 8.56. The van der Waals surface area contributed by atoms with E-state index in [4.69, 9.17) is 5.11 Å². The number of benzene rings is 1. The molecule has 1 aliphatic heterocycles. The third-order valence-corrected chi connectivity index (χ3v) is 2.96. The van der Waals surface area contributed by atoms with E-state index in [9.17, 15) is 9.59 Å². The van der Waals surface area contributed by atoms with E-state index in [2.05, 4.69) is 10.6 Å². The summed E-state index contributed by atoms with van der Waals surface area (Å²) < 4.78 is 0. The molecule has 5 heteroatoms. The van der Waals surface area contributed by atoms with Gasteiger partial charge in [0.05, 0.1) is 6.42 Å². The Balaban J connectivity index is 2.03. The topological polar surface area (TPSA) is 78.4 Å². The summed E-state index contributed by atoms with van der Waals surface area (Å²) >= 11 is 0. The Morgan fingerprint density at radius 3 is 2.83 bits per heavy atom. The molecule has 0 radical (unpaired) electrons. The van der Waals surface area contributed by atoms with Crippen LogP contribution in [0.15, 0.2) is 18.2 Å². The highest BCUT2D eigenvalue weighted by Crippen LogP contribution is 2.17. The minimum Gasteiger partial charge on any atom is -0.481 e. The standard InChI is InChI=1S/C13H16N2O3/c1-8(4-12(16)17)15-13(18)9-2-3-10-6-14-7-11(10)5-9/h2-3,5,8,14H,4,6-7H2,1H3,(H,15,18)(H,16,17). The van der Waals surface area contributed by atoms with E-state index >= 15 is 0 Å². The molecule has 0 saturated heterocycles. The minimum atomic E-state index is -0.916. The van der Waals surface area contributed by atoms with E-state index < -0.39 is 5.97 Å². The van der Waals surface area contributed by atoms with Gasteiger partial charge in [0.25, 0.3) is 5.91 Å². The molecular weight excluding hydrogens is 232 g/mol. The van der Waals surface area contributed by atoms with Crippen LogP contribution in [0, 0.1) is 0 Å². The maximum Gasteiger partial charge on any atom is 0.305 e. The van der Waals surface area contributed by atoms with Crippen LogP contribution in [0.3, 0.4) is 0 Å². The second kappa shape index (κ2) is 5.18. The van der Waals surface area contributed by atoms with E-state index in [1.807, 2.05) is 12.1 Å². The molecule has 0 aromatic heterocycles. The SMILES string of the molecule is CC(CC(=O)O)NC(=O)c1ccc2c(c1)CNC2. The number of fused-ring (bicyclic) bond motifs is 1. The first-order valence-corrected chi connectivity index (χ1v) is 5.91. The minimum absolute atomic E-state index is 0.0712. The lowest BCUT2D eigenvalue weighted by atomic mass is 10.1. The summed E-state index contributed by atoms with van der Waals surface area (Å²) in [5, 5.41) is 14.5. The summed E-state index contributed by atoms with van der Waals surface area (Å²) in [6, 6.07) is 5.19. The molecule has 1 unspecified atom stereocenters. The van der Waals surface area contributed by atoms with Crippen LogP contribution < -0.4 is 10.6 Å². The molecule has 0 aliphatic carbocycles. The zero-order valence-corrected chi connectivity index (χ0v) is 10.2. The number of carboxylic acid groups (broad SMARTS) is 1. The summed E-state index contributed by atoms with van der Waals surface area (Å²) in [7, 11) is 0.